The average molecular weight is 413 g/mol. The largest absolute Gasteiger partial charge is 0.353 e. The zero-order valence-corrected chi connectivity index (χ0v) is 16.0. The fourth-order valence-corrected chi connectivity index (χ4v) is 3.69. The van der Waals surface area contributed by atoms with Crippen molar-refractivity contribution in [1.82, 2.24) is 5.32 Å². The summed E-state index contributed by atoms with van der Waals surface area (Å²) in [6, 6.07) is 13.8. The minimum absolute atomic E-state index is 0.0316. The third-order valence-electron chi connectivity index (χ3n) is 4.57. The van der Waals surface area contributed by atoms with Crippen LogP contribution in [0.2, 0.25) is 0 Å². The van der Waals surface area contributed by atoms with Gasteiger partial charge in [0, 0.05) is 16.2 Å². The number of fused-ring (bicyclic) bond motifs is 1. The molecule has 0 spiro atoms. The average Bonchev–Trinajstić information content (AvgIpc) is 2.63. The predicted octanol–water partition coefficient (Wildman–Crippen LogP) is 3.79. The number of carbonyl (C=O) groups is 2. The van der Waals surface area contributed by atoms with E-state index in [2.05, 4.69) is 45.3 Å². The van der Waals surface area contributed by atoms with E-state index in [1.807, 2.05) is 24.3 Å². The van der Waals surface area contributed by atoms with Gasteiger partial charge in [0.05, 0.1) is 6.42 Å². The van der Waals surface area contributed by atoms with Crippen LogP contribution < -0.4 is 10.6 Å². The summed E-state index contributed by atoms with van der Waals surface area (Å²) in [4.78, 5) is 24.0. The Morgan fingerprint density at radius 3 is 2.81 bits per heavy atom. The van der Waals surface area contributed by atoms with E-state index < -0.39 is 0 Å². The van der Waals surface area contributed by atoms with Crippen LogP contribution in [-0.4, -0.2) is 17.9 Å². The van der Waals surface area contributed by atoms with Crippen molar-refractivity contribution < 1.29 is 9.59 Å². The van der Waals surface area contributed by atoms with Gasteiger partial charge in [-0.25, -0.2) is 0 Å². The highest BCUT2D eigenvalue weighted by Gasteiger charge is 2.20. The number of amides is 2. The second-order valence-electron chi connectivity index (χ2n) is 6.45. The summed E-state index contributed by atoms with van der Waals surface area (Å²) >= 11 is 3.51. The van der Waals surface area contributed by atoms with Crippen LogP contribution in [0.3, 0.4) is 0 Å². The van der Waals surface area contributed by atoms with Crippen LogP contribution in [0.1, 0.15) is 23.1 Å². The van der Waals surface area contributed by atoms with Crippen molar-refractivity contribution in [2.45, 2.75) is 31.7 Å². The Bertz CT molecular complexity index is 848. The number of benzene rings is 2. The van der Waals surface area contributed by atoms with Gasteiger partial charge in [-0.3, -0.25) is 9.59 Å². The molecule has 0 radical (unpaired) electrons. The lowest BCUT2D eigenvalue weighted by molar-refractivity contribution is -0.121. The zero-order valence-electron chi connectivity index (χ0n) is 14.4. The van der Waals surface area contributed by atoms with E-state index >= 15 is 0 Å². The zero-order chi connectivity index (χ0) is 18.5. The quantitative estimate of drug-likeness (QED) is 0.733. The highest BCUT2D eigenvalue weighted by Crippen LogP contribution is 2.25. The minimum Gasteiger partial charge on any atom is -0.353 e. The van der Waals surface area contributed by atoms with Crippen LogP contribution in [0.5, 0.6) is 0 Å². The van der Waals surface area contributed by atoms with Gasteiger partial charge >= 0.3 is 0 Å². The molecule has 3 rings (SSSR count). The third-order valence-corrected chi connectivity index (χ3v) is 5.07. The molecule has 4 nitrogen and oxygen atoms in total. The van der Waals surface area contributed by atoms with E-state index in [0.717, 1.165) is 29.3 Å². The first kappa shape index (κ1) is 18.4. The predicted molar refractivity (Wildman–Crippen MR) is 107 cm³/mol. The summed E-state index contributed by atoms with van der Waals surface area (Å²) in [5.41, 5.74) is 4.08. The maximum Gasteiger partial charge on any atom is 0.247 e. The molecule has 2 amide bonds. The molecular weight excluding hydrogens is 392 g/mol. The number of nitrogens with one attached hydrogen (secondary N) is 2. The Morgan fingerprint density at radius 1 is 1.19 bits per heavy atom. The van der Waals surface area contributed by atoms with E-state index in [-0.39, 0.29) is 24.3 Å². The van der Waals surface area contributed by atoms with E-state index in [0.29, 0.717) is 5.69 Å². The van der Waals surface area contributed by atoms with E-state index in [4.69, 9.17) is 0 Å². The highest BCUT2D eigenvalue weighted by atomic mass is 79.9. The molecule has 5 heteroatoms. The van der Waals surface area contributed by atoms with Gasteiger partial charge in [-0.2, -0.15) is 0 Å². The van der Waals surface area contributed by atoms with Crippen LogP contribution in [0.15, 0.2) is 59.6 Å². The van der Waals surface area contributed by atoms with Gasteiger partial charge < -0.3 is 10.6 Å². The number of anilines is 1. The summed E-state index contributed by atoms with van der Waals surface area (Å²) < 4.78 is 1.09. The molecule has 0 fully saturated rings. The molecule has 1 aliphatic carbocycles. The second-order valence-corrected chi connectivity index (χ2v) is 7.36. The van der Waals surface area contributed by atoms with Gasteiger partial charge in [0.25, 0.3) is 0 Å². The molecule has 0 aromatic heterocycles. The number of para-hydroxylation sites is 1. The molecule has 0 saturated carbocycles. The standard InChI is InChI=1S/C21H21BrN2O2/c1-2-20(25)24-19-6-4-3-5-16(19)13-21(26)23-18-10-8-14-11-17(22)9-7-15(14)12-18/h2-7,9,11,18H,1,8,10,12-13H2,(H,23,26)(H,24,25). The van der Waals surface area contributed by atoms with E-state index in [9.17, 15) is 9.59 Å². The molecule has 134 valence electrons. The Balaban J connectivity index is 1.62. The van der Waals surface area contributed by atoms with Crippen LogP contribution in [0.4, 0.5) is 5.69 Å². The van der Waals surface area contributed by atoms with Gasteiger partial charge in [-0.05, 0) is 60.2 Å². The lowest BCUT2D eigenvalue weighted by Gasteiger charge is -2.26. The fourth-order valence-electron chi connectivity index (χ4n) is 3.28. The molecular formula is C21H21BrN2O2. The van der Waals surface area contributed by atoms with Gasteiger partial charge in [-0.15, -0.1) is 0 Å². The third kappa shape index (κ3) is 4.61. The van der Waals surface area contributed by atoms with Crippen molar-refractivity contribution in [3.8, 4) is 0 Å². The summed E-state index contributed by atoms with van der Waals surface area (Å²) in [5, 5.41) is 5.88. The van der Waals surface area contributed by atoms with E-state index in [1.54, 1.807) is 6.07 Å². The molecule has 1 unspecified atom stereocenters. The maximum absolute atomic E-state index is 12.5. The van der Waals surface area contributed by atoms with Crippen LogP contribution in [0.25, 0.3) is 0 Å². The van der Waals surface area contributed by atoms with Crippen molar-refractivity contribution in [2.24, 2.45) is 0 Å². The molecule has 1 atom stereocenters. The van der Waals surface area contributed by atoms with Crippen molar-refractivity contribution in [1.29, 1.82) is 0 Å². The minimum atomic E-state index is -0.284. The molecule has 2 N–H and O–H groups in total. The lowest BCUT2D eigenvalue weighted by atomic mass is 9.88. The number of hydrogen-bond donors (Lipinski definition) is 2. The number of rotatable bonds is 5. The Hall–Kier alpha value is -2.40. The number of aryl methyl sites for hydroxylation is 1. The van der Waals surface area contributed by atoms with Crippen molar-refractivity contribution in [2.75, 3.05) is 5.32 Å². The SMILES string of the molecule is C=CC(=O)Nc1ccccc1CC(=O)NC1CCc2cc(Br)ccc2C1. The van der Waals surface area contributed by atoms with Gasteiger partial charge in [0.1, 0.15) is 0 Å². The van der Waals surface area contributed by atoms with E-state index in [1.165, 1.54) is 17.2 Å². The van der Waals surface area contributed by atoms with Crippen LogP contribution >= 0.6 is 15.9 Å². The van der Waals surface area contributed by atoms with Crippen LogP contribution in [-0.2, 0) is 28.9 Å². The topological polar surface area (TPSA) is 58.2 Å². The van der Waals surface area contributed by atoms with Crippen molar-refractivity contribution in [3.63, 3.8) is 0 Å². The number of halogens is 1. The van der Waals surface area contributed by atoms with Crippen molar-refractivity contribution in [3.05, 3.63) is 76.3 Å². The maximum atomic E-state index is 12.5. The smallest absolute Gasteiger partial charge is 0.247 e. The first-order valence-corrected chi connectivity index (χ1v) is 9.42. The number of carbonyl (C=O) groups excluding carboxylic acids is 2. The first-order chi connectivity index (χ1) is 12.5. The fraction of sp³-hybridized carbons (Fsp3) is 0.238. The summed E-state index contributed by atoms with van der Waals surface area (Å²) in [5.74, 6) is -0.316. The second kappa shape index (κ2) is 8.32. The van der Waals surface area contributed by atoms with Crippen LogP contribution in [0, 0.1) is 0 Å². The molecule has 2 aromatic rings. The summed E-state index contributed by atoms with van der Waals surface area (Å²) in [6.07, 6.45) is 4.20. The molecule has 0 heterocycles. The van der Waals surface area contributed by atoms with Crippen molar-refractivity contribution >= 4 is 33.4 Å². The summed E-state index contributed by atoms with van der Waals surface area (Å²) in [6.45, 7) is 3.45. The Labute approximate surface area is 161 Å². The highest BCUT2D eigenvalue weighted by molar-refractivity contribution is 9.10. The monoisotopic (exact) mass is 412 g/mol. The molecule has 2 aromatic carbocycles. The first-order valence-electron chi connectivity index (χ1n) is 8.63. The molecule has 0 bridgehead atoms. The Kier molecular flexibility index (Phi) is 5.89. The molecule has 1 aliphatic rings. The Morgan fingerprint density at radius 2 is 2.00 bits per heavy atom. The summed E-state index contributed by atoms with van der Waals surface area (Å²) in [7, 11) is 0. The normalized spacial score (nSPS) is 15.7. The molecule has 26 heavy (non-hydrogen) atoms. The van der Waals surface area contributed by atoms with Gasteiger partial charge in [0.15, 0.2) is 0 Å². The molecule has 0 saturated heterocycles. The van der Waals surface area contributed by atoms with Gasteiger partial charge in [-0.1, -0.05) is 46.8 Å². The lowest BCUT2D eigenvalue weighted by Crippen LogP contribution is -2.39. The molecule has 0 aliphatic heterocycles. The number of hydrogen-bond acceptors (Lipinski definition) is 2. The van der Waals surface area contributed by atoms with Gasteiger partial charge in [0.2, 0.25) is 11.8 Å².